The maximum atomic E-state index is 2.29. The van der Waals surface area contributed by atoms with Crippen LogP contribution in [-0.2, 0) is 0 Å². The van der Waals surface area contributed by atoms with Crippen LogP contribution in [-0.4, -0.2) is 0 Å². The number of halogens is 1. The van der Waals surface area contributed by atoms with Crippen LogP contribution < -0.4 is 0 Å². The van der Waals surface area contributed by atoms with E-state index in [4.69, 9.17) is 0 Å². The molecule has 0 nitrogen and oxygen atoms in total. The summed E-state index contributed by atoms with van der Waals surface area (Å²) in [6.45, 7) is 0. The van der Waals surface area contributed by atoms with Crippen molar-refractivity contribution in [3.8, 4) is 0 Å². The first-order valence-corrected chi connectivity index (χ1v) is 3.85. The van der Waals surface area contributed by atoms with Gasteiger partial charge in [-0.05, 0) is 34.7 Å². The van der Waals surface area contributed by atoms with Gasteiger partial charge in [-0.25, -0.2) is 0 Å². The Morgan fingerprint density at radius 1 is 0.889 bits per heavy atom. The highest BCUT2D eigenvalue weighted by atomic mass is 127. The summed E-state index contributed by atoms with van der Waals surface area (Å²) in [5, 5.41) is 0. The molecule has 0 fully saturated rings. The first-order valence-electron chi connectivity index (χ1n) is 2.77. The van der Waals surface area contributed by atoms with Crippen molar-refractivity contribution < 1.29 is 0 Å². The van der Waals surface area contributed by atoms with Gasteiger partial charge in [0.2, 0.25) is 0 Å². The van der Waals surface area contributed by atoms with Crippen molar-refractivity contribution in [1.29, 1.82) is 0 Å². The first-order chi connectivity index (χ1) is 4.39. The van der Waals surface area contributed by atoms with Crippen LogP contribution in [0.2, 0.25) is 0 Å². The van der Waals surface area contributed by atoms with Gasteiger partial charge in [0.15, 0.2) is 0 Å². The highest BCUT2D eigenvalue weighted by Crippen LogP contribution is 2.08. The molecule has 0 atom stereocenters. The summed E-state index contributed by atoms with van der Waals surface area (Å²) in [5.74, 6) is 0. The van der Waals surface area contributed by atoms with E-state index in [-0.39, 0.29) is 0 Å². The second-order valence-corrected chi connectivity index (χ2v) is 2.93. The monoisotopic (exact) mass is 230 g/mol. The molecule has 0 aromatic heterocycles. The van der Waals surface area contributed by atoms with Gasteiger partial charge in [-0.2, -0.15) is 0 Å². The number of hydrogen-bond acceptors (Lipinski definition) is 0. The summed E-state index contributed by atoms with van der Waals surface area (Å²) in [5.41, 5.74) is 0. The summed E-state index contributed by atoms with van der Waals surface area (Å²) in [4.78, 5) is 0. The van der Waals surface area contributed by atoms with Gasteiger partial charge in [-0.15, -0.1) is 0 Å². The van der Waals surface area contributed by atoms with Crippen LogP contribution >= 0.6 is 22.6 Å². The molecule has 1 aliphatic carbocycles. The van der Waals surface area contributed by atoms with E-state index < -0.39 is 0 Å². The maximum absolute atomic E-state index is 2.29. The zero-order valence-corrected chi connectivity index (χ0v) is 7.08. The molecular weight excluding hydrogens is 223 g/mol. The molecule has 0 bridgehead atoms. The average molecular weight is 230 g/mol. The van der Waals surface area contributed by atoms with E-state index in [0.717, 1.165) is 0 Å². The molecule has 1 heteroatoms. The predicted octanol–water partition coefficient (Wildman–Crippen LogP) is 2.99. The van der Waals surface area contributed by atoms with Gasteiger partial charge in [0.1, 0.15) is 0 Å². The second kappa shape index (κ2) is 3.67. The van der Waals surface area contributed by atoms with Crippen molar-refractivity contribution in [2.75, 3.05) is 0 Å². The molecule has 0 saturated carbocycles. The minimum absolute atomic E-state index is 1.26. The average Bonchev–Trinajstić information content (AvgIpc) is 1.79. The lowest BCUT2D eigenvalue weighted by Gasteiger charge is -1.85. The molecule has 0 aliphatic heterocycles. The third kappa shape index (κ3) is 2.65. The standard InChI is InChI=1S/C8H7I/c9-8-6-4-2-1-3-5-7-8/h1-7H/b2-1-,3-1?,4-2?,5-3-,6-4-,7-5?,8-6?,8-7+. The van der Waals surface area contributed by atoms with Crippen molar-refractivity contribution in [3.05, 3.63) is 46.1 Å². The molecule has 0 amide bonds. The zero-order valence-electron chi connectivity index (χ0n) is 4.92. The molecule has 0 heterocycles. The summed E-state index contributed by atoms with van der Waals surface area (Å²) >= 11 is 2.29. The third-order valence-corrected chi connectivity index (χ3v) is 1.67. The minimum Gasteiger partial charge on any atom is -0.0623 e. The van der Waals surface area contributed by atoms with E-state index in [0.29, 0.717) is 0 Å². The molecule has 0 spiro atoms. The van der Waals surface area contributed by atoms with Gasteiger partial charge in [0, 0.05) is 3.58 Å². The Morgan fingerprint density at radius 2 is 1.56 bits per heavy atom. The van der Waals surface area contributed by atoms with Crippen LogP contribution in [0.15, 0.2) is 46.1 Å². The summed E-state index contributed by atoms with van der Waals surface area (Å²) in [6, 6.07) is 0. The lowest BCUT2D eigenvalue weighted by Crippen LogP contribution is -1.62. The minimum atomic E-state index is 1.26. The van der Waals surface area contributed by atoms with Crippen LogP contribution in [0.25, 0.3) is 0 Å². The van der Waals surface area contributed by atoms with E-state index in [1.54, 1.807) is 0 Å². The highest BCUT2D eigenvalue weighted by Gasteiger charge is 1.79. The summed E-state index contributed by atoms with van der Waals surface area (Å²) < 4.78 is 1.26. The lowest BCUT2D eigenvalue weighted by atomic mass is 10.3. The van der Waals surface area contributed by atoms with E-state index in [2.05, 4.69) is 34.7 Å². The fourth-order valence-corrected chi connectivity index (χ4v) is 0.958. The van der Waals surface area contributed by atoms with Gasteiger partial charge < -0.3 is 0 Å². The molecule has 0 saturated heterocycles. The van der Waals surface area contributed by atoms with Crippen LogP contribution in [0.4, 0.5) is 0 Å². The molecule has 0 aromatic carbocycles. The normalized spacial score (nSPS) is 33.2. The van der Waals surface area contributed by atoms with Gasteiger partial charge in [0.25, 0.3) is 0 Å². The number of rotatable bonds is 0. The molecule has 46 valence electrons. The Morgan fingerprint density at radius 3 is 2.44 bits per heavy atom. The Labute approximate surface area is 68.8 Å². The fourth-order valence-electron chi connectivity index (χ4n) is 0.543. The first kappa shape index (κ1) is 6.81. The van der Waals surface area contributed by atoms with Crippen LogP contribution in [0.5, 0.6) is 0 Å². The van der Waals surface area contributed by atoms with Crippen molar-refractivity contribution in [1.82, 2.24) is 0 Å². The van der Waals surface area contributed by atoms with Crippen molar-refractivity contribution in [2.45, 2.75) is 0 Å². The molecule has 0 unspecified atom stereocenters. The zero-order chi connectivity index (χ0) is 6.53. The van der Waals surface area contributed by atoms with Crippen LogP contribution in [0, 0.1) is 0 Å². The van der Waals surface area contributed by atoms with Crippen LogP contribution in [0.3, 0.4) is 0 Å². The molecule has 1 aliphatic rings. The van der Waals surface area contributed by atoms with E-state index >= 15 is 0 Å². The maximum Gasteiger partial charge on any atom is 0.0130 e. The Hall–Kier alpha value is -0.310. The molecule has 9 heavy (non-hydrogen) atoms. The Kier molecular flexibility index (Phi) is 2.77. The fraction of sp³-hybridized carbons (Fsp3) is 0. The number of allylic oxidation sites excluding steroid dienone is 8. The van der Waals surface area contributed by atoms with E-state index in [9.17, 15) is 0 Å². The van der Waals surface area contributed by atoms with Crippen molar-refractivity contribution in [3.63, 3.8) is 0 Å². The Bertz CT molecular complexity index is 195. The van der Waals surface area contributed by atoms with Crippen molar-refractivity contribution in [2.24, 2.45) is 0 Å². The Balaban J connectivity index is 2.77. The SMILES string of the molecule is IC1=C/C=C\C=C/C=C\1. The molecular formula is C8H7I. The van der Waals surface area contributed by atoms with Crippen molar-refractivity contribution >= 4 is 22.6 Å². The van der Waals surface area contributed by atoms with Gasteiger partial charge >= 0.3 is 0 Å². The molecule has 1 rings (SSSR count). The number of hydrogen-bond donors (Lipinski definition) is 0. The highest BCUT2D eigenvalue weighted by molar-refractivity contribution is 14.1. The van der Waals surface area contributed by atoms with Gasteiger partial charge in [0.05, 0.1) is 0 Å². The largest absolute Gasteiger partial charge is 0.0623 e. The van der Waals surface area contributed by atoms with Gasteiger partial charge in [-0.3, -0.25) is 0 Å². The van der Waals surface area contributed by atoms with E-state index in [1.807, 2.05) is 30.4 Å². The molecule has 0 N–H and O–H groups in total. The molecule has 0 aromatic rings. The topological polar surface area (TPSA) is 0 Å². The second-order valence-electron chi connectivity index (χ2n) is 1.68. The lowest BCUT2D eigenvalue weighted by molar-refractivity contribution is 1.80. The summed E-state index contributed by atoms with van der Waals surface area (Å²) in [6.07, 6.45) is 14.2. The van der Waals surface area contributed by atoms with E-state index in [1.165, 1.54) is 3.58 Å². The quantitative estimate of drug-likeness (QED) is 0.561. The van der Waals surface area contributed by atoms with Crippen LogP contribution in [0.1, 0.15) is 0 Å². The molecule has 0 radical (unpaired) electrons. The summed E-state index contributed by atoms with van der Waals surface area (Å²) in [7, 11) is 0. The van der Waals surface area contributed by atoms with Gasteiger partial charge in [-0.1, -0.05) is 30.4 Å². The predicted molar refractivity (Wildman–Crippen MR) is 49.5 cm³/mol. The third-order valence-electron chi connectivity index (χ3n) is 0.955. The smallest absolute Gasteiger partial charge is 0.0130 e.